The third-order valence-corrected chi connectivity index (χ3v) is 5.79. The van der Waals surface area contributed by atoms with Gasteiger partial charge in [-0.05, 0) is 43.6 Å². The predicted molar refractivity (Wildman–Crippen MR) is 96.9 cm³/mol. The second-order valence-electron chi connectivity index (χ2n) is 7.56. The molecule has 1 aromatic carbocycles. The summed E-state index contributed by atoms with van der Waals surface area (Å²) in [5.41, 5.74) is 3.57. The van der Waals surface area contributed by atoms with Gasteiger partial charge in [0.25, 0.3) is 0 Å². The first-order chi connectivity index (χ1) is 11.8. The summed E-state index contributed by atoms with van der Waals surface area (Å²) in [4.78, 5) is 0. The van der Waals surface area contributed by atoms with Crippen LogP contribution in [0.25, 0.3) is 0 Å². The van der Waals surface area contributed by atoms with E-state index in [1.807, 2.05) is 0 Å². The van der Waals surface area contributed by atoms with E-state index in [1.165, 1.54) is 50.5 Å². The van der Waals surface area contributed by atoms with Gasteiger partial charge in [-0.2, -0.15) is 0 Å². The number of benzene rings is 1. The van der Waals surface area contributed by atoms with Crippen molar-refractivity contribution in [2.24, 2.45) is 5.92 Å². The Morgan fingerprint density at radius 1 is 0.917 bits per heavy atom. The van der Waals surface area contributed by atoms with E-state index in [0.717, 1.165) is 29.7 Å². The Kier molecular flexibility index (Phi) is 4.64. The van der Waals surface area contributed by atoms with Crippen LogP contribution >= 0.6 is 0 Å². The topological polar surface area (TPSA) is 29.5 Å². The molecule has 128 valence electrons. The largest absolute Gasteiger partial charge is 0.507 e. The van der Waals surface area contributed by atoms with Gasteiger partial charge in [0, 0.05) is 23.5 Å². The maximum absolute atomic E-state index is 11.1. The van der Waals surface area contributed by atoms with Crippen LogP contribution in [0.3, 0.4) is 0 Å². The molecule has 0 bridgehead atoms. The van der Waals surface area contributed by atoms with E-state index >= 15 is 0 Å². The van der Waals surface area contributed by atoms with Crippen molar-refractivity contribution in [3.05, 3.63) is 58.6 Å². The molecule has 1 aromatic rings. The van der Waals surface area contributed by atoms with E-state index in [1.54, 1.807) is 0 Å². The van der Waals surface area contributed by atoms with Crippen molar-refractivity contribution >= 4 is 0 Å². The molecule has 3 aliphatic rings. The van der Waals surface area contributed by atoms with Gasteiger partial charge >= 0.3 is 0 Å². The fraction of sp³-hybridized carbons (Fsp3) is 0.545. The lowest BCUT2D eigenvalue weighted by Gasteiger charge is -2.29. The van der Waals surface area contributed by atoms with E-state index in [9.17, 15) is 5.11 Å². The SMILES string of the molecule is OC1=C(C(c2ccccc2)C2CC2)COC2=C1CCCCCCC2. The van der Waals surface area contributed by atoms with Crippen LogP contribution < -0.4 is 0 Å². The highest BCUT2D eigenvalue weighted by Gasteiger charge is 2.38. The zero-order chi connectivity index (χ0) is 16.4. The predicted octanol–water partition coefficient (Wildman–Crippen LogP) is 6.02. The minimum absolute atomic E-state index is 0.327. The number of rotatable bonds is 3. The summed E-state index contributed by atoms with van der Waals surface area (Å²) in [6.45, 7) is 0.570. The Hall–Kier alpha value is -1.70. The second-order valence-corrected chi connectivity index (χ2v) is 7.56. The first-order valence-electron chi connectivity index (χ1n) is 9.66. The summed E-state index contributed by atoms with van der Waals surface area (Å²) in [6.07, 6.45) is 10.7. The molecule has 24 heavy (non-hydrogen) atoms. The highest BCUT2D eigenvalue weighted by molar-refractivity contribution is 5.42. The molecule has 2 heteroatoms. The minimum atomic E-state index is 0.327. The molecule has 4 rings (SSSR count). The van der Waals surface area contributed by atoms with Crippen molar-refractivity contribution in [3.63, 3.8) is 0 Å². The van der Waals surface area contributed by atoms with Crippen molar-refractivity contribution in [1.82, 2.24) is 0 Å². The van der Waals surface area contributed by atoms with Crippen molar-refractivity contribution in [2.75, 3.05) is 6.61 Å². The molecular weight excluding hydrogens is 296 g/mol. The molecule has 1 heterocycles. The monoisotopic (exact) mass is 324 g/mol. The summed E-state index contributed by atoms with van der Waals surface area (Å²) in [5.74, 6) is 2.64. The zero-order valence-electron chi connectivity index (χ0n) is 14.5. The molecule has 1 unspecified atom stereocenters. The minimum Gasteiger partial charge on any atom is -0.507 e. The summed E-state index contributed by atoms with van der Waals surface area (Å²) in [7, 11) is 0. The molecule has 1 fully saturated rings. The van der Waals surface area contributed by atoms with E-state index in [4.69, 9.17) is 4.74 Å². The Labute approximate surface area is 145 Å². The van der Waals surface area contributed by atoms with Crippen molar-refractivity contribution in [1.29, 1.82) is 0 Å². The third kappa shape index (κ3) is 3.24. The van der Waals surface area contributed by atoms with Crippen molar-refractivity contribution in [3.8, 4) is 0 Å². The summed E-state index contributed by atoms with van der Waals surface area (Å²) in [5, 5.41) is 11.1. The van der Waals surface area contributed by atoms with Crippen LogP contribution in [0.2, 0.25) is 0 Å². The highest BCUT2D eigenvalue weighted by Crippen LogP contribution is 2.49. The fourth-order valence-electron chi connectivity index (χ4n) is 4.33. The zero-order valence-corrected chi connectivity index (χ0v) is 14.5. The third-order valence-electron chi connectivity index (χ3n) is 5.79. The van der Waals surface area contributed by atoms with Gasteiger partial charge < -0.3 is 9.84 Å². The molecule has 1 aliphatic heterocycles. The van der Waals surface area contributed by atoms with Gasteiger partial charge in [-0.3, -0.25) is 0 Å². The van der Waals surface area contributed by atoms with Crippen LogP contribution in [0.15, 0.2) is 53.0 Å². The standard InChI is InChI=1S/C22H28O2/c23-22-18-11-7-2-1-3-8-12-20(18)24-15-19(22)21(17-13-14-17)16-9-5-4-6-10-16/h4-6,9-10,17,21,23H,1-3,7-8,11-15H2. The molecule has 2 aliphatic carbocycles. The Balaban J connectivity index is 1.69. The second kappa shape index (κ2) is 7.04. The van der Waals surface area contributed by atoms with Crippen LogP contribution in [0.5, 0.6) is 0 Å². The quantitative estimate of drug-likeness (QED) is 0.736. The van der Waals surface area contributed by atoms with E-state index in [2.05, 4.69) is 30.3 Å². The summed E-state index contributed by atoms with van der Waals surface area (Å²) >= 11 is 0. The Bertz CT molecular complexity index is 637. The number of aliphatic hydroxyl groups is 1. The summed E-state index contributed by atoms with van der Waals surface area (Å²) < 4.78 is 6.20. The Morgan fingerprint density at radius 3 is 2.38 bits per heavy atom. The average molecular weight is 324 g/mol. The maximum Gasteiger partial charge on any atom is 0.125 e. The van der Waals surface area contributed by atoms with Crippen LogP contribution in [-0.4, -0.2) is 11.7 Å². The van der Waals surface area contributed by atoms with Gasteiger partial charge in [-0.25, -0.2) is 0 Å². The van der Waals surface area contributed by atoms with Gasteiger partial charge in [-0.15, -0.1) is 0 Å². The van der Waals surface area contributed by atoms with Gasteiger partial charge in [0.1, 0.15) is 18.1 Å². The van der Waals surface area contributed by atoms with Crippen LogP contribution in [-0.2, 0) is 4.74 Å². The lowest BCUT2D eigenvalue weighted by Crippen LogP contribution is -2.19. The molecule has 1 saturated carbocycles. The smallest absolute Gasteiger partial charge is 0.125 e. The lowest BCUT2D eigenvalue weighted by atomic mass is 9.83. The normalized spacial score (nSPS) is 23.7. The van der Waals surface area contributed by atoms with Gasteiger partial charge in [-0.1, -0.05) is 49.6 Å². The molecule has 0 spiro atoms. The van der Waals surface area contributed by atoms with E-state index in [-0.39, 0.29) is 0 Å². The van der Waals surface area contributed by atoms with Crippen LogP contribution in [0, 0.1) is 5.92 Å². The fourth-order valence-corrected chi connectivity index (χ4v) is 4.33. The maximum atomic E-state index is 11.1. The molecule has 0 radical (unpaired) electrons. The molecular formula is C22H28O2. The van der Waals surface area contributed by atoms with Crippen molar-refractivity contribution in [2.45, 2.75) is 63.7 Å². The van der Waals surface area contributed by atoms with Crippen molar-refractivity contribution < 1.29 is 9.84 Å². The molecule has 0 amide bonds. The van der Waals surface area contributed by atoms with E-state index < -0.39 is 0 Å². The first kappa shape index (κ1) is 15.8. The molecule has 2 nitrogen and oxygen atoms in total. The number of allylic oxidation sites excluding steroid dienone is 2. The van der Waals surface area contributed by atoms with Crippen LogP contribution in [0.1, 0.15) is 69.3 Å². The number of ether oxygens (including phenoxy) is 1. The van der Waals surface area contributed by atoms with E-state index in [0.29, 0.717) is 24.2 Å². The molecule has 0 saturated heterocycles. The Morgan fingerprint density at radius 2 is 1.62 bits per heavy atom. The number of hydrogen-bond donors (Lipinski definition) is 1. The number of aliphatic hydroxyl groups excluding tert-OH is 1. The molecule has 1 N–H and O–H groups in total. The molecule has 0 aromatic heterocycles. The van der Waals surface area contributed by atoms with Gasteiger partial charge in [0.05, 0.1) is 0 Å². The molecule has 1 atom stereocenters. The average Bonchev–Trinajstić information content (AvgIpc) is 3.42. The van der Waals surface area contributed by atoms with Gasteiger partial charge in [0.2, 0.25) is 0 Å². The highest BCUT2D eigenvalue weighted by atomic mass is 16.5. The summed E-state index contributed by atoms with van der Waals surface area (Å²) in [6, 6.07) is 10.7. The lowest BCUT2D eigenvalue weighted by molar-refractivity contribution is 0.194. The number of hydrogen-bond acceptors (Lipinski definition) is 2. The van der Waals surface area contributed by atoms with Gasteiger partial charge in [0.15, 0.2) is 0 Å². The first-order valence-corrected chi connectivity index (χ1v) is 9.66. The van der Waals surface area contributed by atoms with Crippen LogP contribution in [0.4, 0.5) is 0 Å².